The van der Waals surface area contributed by atoms with Crippen molar-refractivity contribution < 1.29 is 0 Å². The Balaban J connectivity index is 1.94. The summed E-state index contributed by atoms with van der Waals surface area (Å²) in [7, 11) is 2.31. The molecule has 1 heterocycles. The first-order valence-corrected chi connectivity index (χ1v) is 9.20. The summed E-state index contributed by atoms with van der Waals surface area (Å²) in [6.45, 7) is 8.32. The molecule has 2 atom stereocenters. The highest BCUT2D eigenvalue weighted by Crippen LogP contribution is 2.25. The van der Waals surface area contributed by atoms with E-state index in [-0.39, 0.29) is 0 Å². The van der Waals surface area contributed by atoms with Crippen LogP contribution in [0.1, 0.15) is 57.9 Å². The maximum absolute atomic E-state index is 2.70. The van der Waals surface area contributed by atoms with Crippen molar-refractivity contribution in [2.45, 2.75) is 65.1 Å². The Morgan fingerprint density at radius 3 is 2.59 bits per heavy atom. The molecule has 0 aromatic heterocycles. The molecule has 0 radical (unpaired) electrons. The first-order chi connectivity index (χ1) is 10.7. The molecule has 0 bridgehead atoms. The van der Waals surface area contributed by atoms with Crippen molar-refractivity contribution in [2.24, 2.45) is 5.92 Å². The fourth-order valence-electron chi connectivity index (χ4n) is 3.89. The summed E-state index contributed by atoms with van der Waals surface area (Å²) in [6.07, 6.45) is 8.77. The molecular formula is C20H34N2. The summed E-state index contributed by atoms with van der Waals surface area (Å²) >= 11 is 0. The average Bonchev–Trinajstić information content (AvgIpc) is 2.52. The van der Waals surface area contributed by atoms with Crippen molar-refractivity contribution in [1.29, 1.82) is 0 Å². The molecule has 1 fully saturated rings. The quantitative estimate of drug-likeness (QED) is 0.639. The maximum atomic E-state index is 2.70. The number of nitrogens with zero attached hydrogens (tertiary/aromatic N) is 2. The molecule has 2 nitrogen and oxygen atoms in total. The third-order valence-corrected chi connectivity index (χ3v) is 5.03. The Morgan fingerprint density at radius 2 is 1.86 bits per heavy atom. The molecule has 2 heteroatoms. The van der Waals surface area contributed by atoms with Crippen LogP contribution in [0.3, 0.4) is 0 Å². The van der Waals surface area contributed by atoms with E-state index >= 15 is 0 Å². The summed E-state index contributed by atoms with van der Waals surface area (Å²) in [4.78, 5) is 5.28. The van der Waals surface area contributed by atoms with Crippen molar-refractivity contribution >= 4 is 0 Å². The van der Waals surface area contributed by atoms with Crippen LogP contribution in [-0.2, 0) is 6.54 Å². The van der Waals surface area contributed by atoms with E-state index in [1.54, 1.807) is 0 Å². The zero-order chi connectivity index (χ0) is 15.8. The minimum Gasteiger partial charge on any atom is -0.291 e. The van der Waals surface area contributed by atoms with Crippen LogP contribution in [0.5, 0.6) is 0 Å². The summed E-state index contributed by atoms with van der Waals surface area (Å²) in [6, 6.07) is 11.0. The summed E-state index contributed by atoms with van der Waals surface area (Å²) in [5.74, 6) is 0.755. The van der Waals surface area contributed by atoms with Gasteiger partial charge in [0.05, 0.1) is 6.17 Å². The number of unbranched alkanes of at least 4 members (excludes halogenated alkanes) is 3. The van der Waals surface area contributed by atoms with Gasteiger partial charge in [0.25, 0.3) is 0 Å². The minimum absolute atomic E-state index is 0.607. The largest absolute Gasteiger partial charge is 0.291 e. The second-order valence-corrected chi connectivity index (χ2v) is 7.03. The number of hydrogen-bond donors (Lipinski definition) is 0. The number of hydrogen-bond acceptors (Lipinski definition) is 2. The molecule has 0 aliphatic carbocycles. The van der Waals surface area contributed by atoms with Crippen LogP contribution in [0.2, 0.25) is 0 Å². The first-order valence-electron chi connectivity index (χ1n) is 9.20. The van der Waals surface area contributed by atoms with E-state index in [1.807, 2.05) is 0 Å². The van der Waals surface area contributed by atoms with Crippen molar-refractivity contribution in [3.63, 3.8) is 0 Å². The number of benzene rings is 1. The Labute approximate surface area is 137 Å². The van der Waals surface area contributed by atoms with E-state index in [2.05, 4.69) is 61.0 Å². The Hall–Kier alpha value is -0.860. The summed E-state index contributed by atoms with van der Waals surface area (Å²) in [5.41, 5.74) is 1.45. The Bertz CT molecular complexity index is 403. The molecular weight excluding hydrogens is 268 g/mol. The van der Waals surface area contributed by atoms with E-state index in [1.165, 1.54) is 57.2 Å². The van der Waals surface area contributed by atoms with Gasteiger partial charge in [0.2, 0.25) is 0 Å². The lowest BCUT2D eigenvalue weighted by Crippen LogP contribution is -2.54. The molecule has 22 heavy (non-hydrogen) atoms. The normalized spacial score (nSPS) is 21.9. The summed E-state index contributed by atoms with van der Waals surface area (Å²) < 4.78 is 0. The minimum atomic E-state index is 0.607. The van der Waals surface area contributed by atoms with Gasteiger partial charge in [-0.1, -0.05) is 69.9 Å². The van der Waals surface area contributed by atoms with Crippen LogP contribution < -0.4 is 0 Å². The van der Waals surface area contributed by atoms with Crippen LogP contribution in [-0.4, -0.2) is 36.1 Å². The molecule has 2 unspecified atom stereocenters. The Morgan fingerprint density at radius 1 is 1.09 bits per heavy atom. The number of rotatable bonds is 8. The second kappa shape index (κ2) is 9.32. The molecule has 0 amide bonds. The third kappa shape index (κ3) is 5.10. The van der Waals surface area contributed by atoms with Gasteiger partial charge in [-0.05, 0) is 31.4 Å². The van der Waals surface area contributed by atoms with Gasteiger partial charge < -0.3 is 0 Å². The topological polar surface area (TPSA) is 6.48 Å². The highest BCUT2D eigenvalue weighted by molar-refractivity contribution is 5.14. The van der Waals surface area contributed by atoms with Crippen LogP contribution in [0.25, 0.3) is 0 Å². The molecule has 124 valence electrons. The fraction of sp³-hybridized carbons (Fsp3) is 0.700. The van der Waals surface area contributed by atoms with Gasteiger partial charge in [0.1, 0.15) is 0 Å². The summed E-state index contributed by atoms with van der Waals surface area (Å²) in [5, 5.41) is 0. The highest BCUT2D eigenvalue weighted by atomic mass is 15.4. The zero-order valence-corrected chi connectivity index (χ0v) is 14.8. The lowest BCUT2D eigenvalue weighted by atomic mass is 9.96. The fourth-order valence-corrected chi connectivity index (χ4v) is 3.89. The van der Waals surface area contributed by atoms with E-state index in [0.29, 0.717) is 6.17 Å². The first kappa shape index (κ1) is 17.5. The standard InChI is InChI=1S/C20H34N2/c1-4-5-6-8-12-18(2)20-21(3)15-11-16-22(20)17-19-13-9-7-10-14-19/h7,9-10,13-14,18,20H,4-6,8,11-12,15-17H2,1-3H3. The van der Waals surface area contributed by atoms with Crippen molar-refractivity contribution in [3.8, 4) is 0 Å². The van der Waals surface area contributed by atoms with Gasteiger partial charge in [-0.15, -0.1) is 0 Å². The van der Waals surface area contributed by atoms with Gasteiger partial charge >= 0.3 is 0 Å². The average molecular weight is 303 g/mol. The molecule has 1 aromatic rings. The monoisotopic (exact) mass is 302 g/mol. The molecule has 1 saturated heterocycles. The third-order valence-electron chi connectivity index (χ3n) is 5.03. The second-order valence-electron chi connectivity index (χ2n) is 7.03. The SMILES string of the molecule is CCCCCCC(C)C1N(C)CCCN1Cc1ccccc1. The van der Waals surface area contributed by atoms with Crippen LogP contribution >= 0.6 is 0 Å². The van der Waals surface area contributed by atoms with Crippen molar-refractivity contribution in [2.75, 3.05) is 20.1 Å². The predicted octanol–water partition coefficient (Wildman–Crippen LogP) is 4.76. The smallest absolute Gasteiger partial charge is 0.0649 e. The predicted molar refractivity (Wildman–Crippen MR) is 95.8 cm³/mol. The zero-order valence-electron chi connectivity index (χ0n) is 14.8. The van der Waals surface area contributed by atoms with E-state index in [0.717, 1.165) is 12.5 Å². The van der Waals surface area contributed by atoms with E-state index in [4.69, 9.17) is 0 Å². The molecule has 0 N–H and O–H groups in total. The lowest BCUT2D eigenvalue weighted by Gasteiger charge is -2.45. The Kier molecular flexibility index (Phi) is 7.41. The lowest BCUT2D eigenvalue weighted by molar-refractivity contribution is -0.0206. The van der Waals surface area contributed by atoms with E-state index in [9.17, 15) is 0 Å². The van der Waals surface area contributed by atoms with Crippen LogP contribution in [0.4, 0.5) is 0 Å². The van der Waals surface area contributed by atoms with Crippen molar-refractivity contribution in [1.82, 2.24) is 9.80 Å². The molecule has 0 spiro atoms. The van der Waals surface area contributed by atoms with Gasteiger partial charge in [0, 0.05) is 19.6 Å². The molecule has 1 aromatic carbocycles. The molecule has 0 saturated carbocycles. The van der Waals surface area contributed by atoms with Crippen LogP contribution in [0.15, 0.2) is 30.3 Å². The highest BCUT2D eigenvalue weighted by Gasteiger charge is 2.30. The maximum Gasteiger partial charge on any atom is 0.0649 e. The molecule has 2 rings (SSSR count). The molecule has 1 aliphatic rings. The van der Waals surface area contributed by atoms with Gasteiger partial charge in [-0.3, -0.25) is 9.80 Å². The van der Waals surface area contributed by atoms with Crippen LogP contribution in [0, 0.1) is 5.92 Å². The van der Waals surface area contributed by atoms with Gasteiger partial charge in [-0.25, -0.2) is 0 Å². The van der Waals surface area contributed by atoms with Gasteiger partial charge in [-0.2, -0.15) is 0 Å². The molecule has 1 aliphatic heterocycles. The van der Waals surface area contributed by atoms with Gasteiger partial charge in [0.15, 0.2) is 0 Å². The van der Waals surface area contributed by atoms with E-state index < -0.39 is 0 Å². The van der Waals surface area contributed by atoms with Crippen molar-refractivity contribution in [3.05, 3.63) is 35.9 Å².